The molecule has 18 heavy (non-hydrogen) atoms. The van der Waals surface area contributed by atoms with E-state index in [-0.39, 0.29) is 18.4 Å². The van der Waals surface area contributed by atoms with Crippen molar-refractivity contribution in [3.8, 4) is 0 Å². The highest BCUT2D eigenvalue weighted by Crippen LogP contribution is 2.32. The molecule has 1 aliphatic rings. The molecule has 0 aliphatic heterocycles. The largest absolute Gasteiger partial charge is 0.394 e. The van der Waals surface area contributed by atoms with Crippen LogP contribution >= 0.6 is 27.3 Å². The van der Waals surface area contributed by atoms with Crippen LogP contribution in [0.4, 0.5) is 5.00 Å². The molecule has 1 aliphatic carbocycles. The highest BCUT2D eigenvalue weighted by molar-refractivity contribution is 9.10. The van der Waals surface area contributed by atoms with Crippen molar-refractivity contribution < 1.29 is 9.90 Å². The molecule has 4 N–H and O–H groups in total. The molecule has 2 rings (SSSR count). The van der Waals surface area contributed by atoms with E-state index in [2.05, 4.69) is 21.2 Å². The van der Waals surface area contributed by atoms with Crippen molar-refractivity contribution >= 4 is 38.2 Å². The summed E-state index contributed by atoms with van der Waals surface area (Å²) in [6.45, 7) is -0.000783. The average Bonchev–Trinajstić information content (AvgIpc) is 2.75. The van der Waals surface area contributed by atoms with Crippen LogP contribution in [0.5, 0.6) is 0 Å². The lowest BCUT2D eigenvalue weighted by molar-refractivity contribution is -0.121. The van der Waals surface area contributed by atoms with Crippen molar-refractivity contribution in [2.45, 2.75) is 31.2 Å². The van der Waals surface area contributed by atoms with E-state index >= 15 is 0 Å². The van der Waals surface area contributed by atoms with Crippen LogP contribution in [0.2, 0.25) is 0 Å². The van der Waals surface area contributed by atoms with Crippen LogP contribution < -0.4 is 11.1 Å². The molecule has 100 valence electrons. The monoisotopic (exact) mass is 332 g/mol. The quantitative estimate of drug-likeness (QED) is 0.795. The van der Waals surface area contributed by atoms with E-state index < -0.39 is 5.54 Å². The summed E-state index contributed by atoms with van der Waals surface area (Å²) in [4.78, 5) is 12.1. The number of aliphatic hydroxyl groups is 1. The van der Waals surface area contributed by atoms with Gasteiger partial charge in [0.25, 0.3) is 0 Å². The summed E-state index contributed by atoms with van der Waals surface area (Å²) >= 11 is 4.86. The first kappa shape index (κ1) is 14.0. The molecule has 1 amide bonds. The second-order valence-electron chi connectivity index (χ2n) is 4.91. The summed E-state index contributed by atoms with van der Waals surface area (Å²) in [6, 6.07) is 1.90. The Balaban J connectivity index is 1.88. The number of nitrogens with one attached hydrogen (secondary N) is 1. The molecule has 4 nitrogen and oxygen atoms in total. The Morgan fingerprint density at radius 3 is 2.78 bits per heavy atom. The second kappa shape index (κ2) is 5.69. The summed E-state index contributed by atoms with van der Waals surface area (Å²) in [5, 5.41) is 14.9. The van der Waals surface area contributed by atoms with Crippen LogP contribution in [0.3, 0.4) is 0 Å². The molecule has 0 atom stereocenters. The Labute approximate surface area is 119 Å². The molecule has 1 saturated carbocycles. The topological polar surface area (TPSA) is 75.3 Å². The van der Waals surface area contributed by atoms with Crippen molar-refractivity contribution in [3.05, 3.63) is 15.9 Å². The second-order valence-corrected chi connectivity index (χ2v) is 6.74. The fraction of sp³-hybridized carbons (Fsp3) is 0.583. The third kappa shape index (κ3) is 3.32. The molecule has 1 heterocycles. The zero-order valence-electron chi connectivity index (χ0n) is 9.99. The van der Waals surface area contributed by atoms with Crippen molar-refractivity contribution in [2.24, 2.45) is 11.7 Å². The molecule has 0 unspecified atom stereocenters. The minimum atomic E-state index is -0.483. The van der Waals surface area contributed by atoms with E-state index in [0.29, 0.717) is 12.8 Å². The van der Waals surface area contributed by atoms with Gasteiger partial charge >= 0.3 is 0 Å². The Morgan fingerprint density at radius 2 is 2.28 bits per heavy atom. The molecule has 0 spiro atoms. The molecular weight excluding hydrogens is 316 g/mol. The van der Waals surface area contributed by atoms with Gasteiger partial charge in [-0.1, -0.05) is 0 Å². The summed E-state index contributed by atoms with van der Waals surface area (Å²) < 4.78 is 0.979. The molecule has 0 aromatic carbocycles. The zero-order valence-corrected chi connectivity index (χ0v) is 12.4. The number of carbonyl (C=O) groups is 1. The lowest BCUT2D eigenvalue weighted by Gasteiger charge is -2.34. The molecule has 0 saturated heterocycles. The van der Waals surface area contributed by atoms with Gasteiger partial charge < -0.3 is 16.2 Å². The van der Waals surface area contributed by atoms with Gasteiger partial charge in [-0.05, 0) is 47.7 Å². The molecule has 1 aromatic rings. The standard InChI is InChI=1S/C12H17BrN2O2S/c13-9-5-10(18-6-9)15-11(17)8-1-3-12(14,7-16)4-2-8/h5-6,8,16H,1-4,7,14H2,(H,15,17). The third-order valence-electron chi connectivity index (χ3n) is 3.48. The van der Waals surface area contributed by atoms with Gasteiger partial charge in [-0.3, -0.25) is 4.79 Å². The van der Waals surface area contributed by atoms with Crippen LogP contribution in [0, 0.1) is 5.92 Å². The van der Waals surface area contributed by atoms with Gasteiger partial charge in [0.2, 0.25) is 5.91 Å². The van der Waals surface area contributed by atoms with E-state index in [4.69, 9.17) is 5.73 Å². The van der Waals surface area contributed by atoms with Crippen LogP contribution in [0.25, 0.3) is 0 Å². The summed E-state index contributed by atoms with van der Waals surface area (Å²) in [5.41, 5.74) is 5.51. The van der Waals surface area contributed by atoms with Crippen molar-refractivity contribution in [3.63, 3.8) is 0 Å². The normalized spacial score (nSPS) is 28.1. The summed E-state index contributed by atoms with van der Waals surface area (Å²) in [7, 11) is 0. The predicted octanol–water partition coefficient (Wildman–Crippen LogP) is 2.33. The minimum Gasteiger partial charge on any atom is -0.394 e. The smallest absolute Gasteiger partial charge is 0.228 e. The summed E-state index contributed by atoms with van der Waals surface area (Å²) in [5.74, 6) is 0.0680. The first-order valence-corrected chi connectivity index (χ1v) is 7.64. The Kier molecular flexibility index (Phi) is 4.42. The lowest BCUT2D eigenvalue weighted by atomic mass is 9.77. The number of thiophene rings is 1. The van der Waals surface area contributed by atoms with Gasteiger partial charge in [0.15, 0.2) is 0 Å². The average molecular weight is 333 g/mol. The first-order chi connectivity index (χ1) is 8.52. The number of rotatable bonds is 3. The number of hydrogen-bond donors (Lipinski definition) is 3. The molecular formula is C12H17BrN2O2S. The molecule has 0 radical (unpaired) electrons. The molecule has 0 bridgehead atoms. The van der Waals surface area contributed by atoms with Gasteiger partial charge in [-0.25, -0.2) is 0 Å². The van der Waals surface area contributed by atoms with Gasteiger partial charge in [-0.15, -0.1) is 11.3 Å². The molecule has 1 fully saturated rings. The van der Waals surface area contributed by atoms with Gasteiger partial charge in [0.1, 0.15) is 0 Å². The number of aliphatic hydroxyl groups excluding tert-OH is 1. The van der Waals surface area contributed by atoms with Crippen LogP contribution in [0.1, 0.15) is 25.7 Å². The fourth-order valence-electron chi connectivity index (χ4n) is 2.22. The van der Waals surface area contributed by atoms with Crippen LogP contribution in [0.15, 0.2) is 15.9 Å². The van der Waals surface area contributed by atoms with Crippen molar-refractivity contribution in [1.29, 1.82) is 0 Å². The SMILES string of the molecule is NC1(CO)CCC(C(=O)Nc2cc(Br)cs2)CC1. The fourth-order valence-corrected chi connectivity index (χ4v) is 3.54. The number of halogens is 1. The number of amides is 1. The maximum atomic E-state index is 12.1. The Bertz CT molecular complexity index is 427. The van der Waals surface area contributed by atoms with E-state index in [1.807, 2.05) is 11.4 Å². The van der Waals surface area contributed by atoms with Gasteiger partial charge in [0, 0.05) is 21.3 Å². The zero-order chi connectivity index (χ0) is 13.2. The van der Waals surface area contributed by atoms with E-state index in [1.54, 1.807) is 0 Å². The third-order valence-corrected chi connectivity index (χ3v) is 5.09. The van der Waals surface area contributed by atoms with E-state index in [0.717, 1.165) is 22.3 Å². The van der Waals surface area contributed by atoms with Crippen LogP contribution in [-0.2, 0) is 4.79 Å². The highest BCUT2D eigenvalue weighted by Gasteiger charge is 2.33. The van der Waals surface area contributed by atoms with E-state index in [9.17, 15) is 9.90 Å². The highest BCUT2D eigenvalue weighted by atomic mass is 79.9. The number of anilines is 1. The van der Waals surface area contributed by atoms with Crippen molar-refractivity contribution in [2.75, 3.05) is 11.9 Å². The predicted molar refractivity (Wildman–Crippen MR) is 76.6 cm³/mol. The number of carbonyl (C=O) groups excluding carboxylic acids is 1. The number of hydrogen-bond acceptors (Lipinski definition) is 4. The lowest BCUT2D eigenvalue weighted by Crippen LogP contribution is -2.47. The first-order valence-electron chi connectivity index (χ1n) is 5.97. The maximum Gasteiger partial charge on any atom is 0.228 e. The van der Waals surface area contributed by atoms with Crippen molar-refractivity contribution in [1.82, 2.24) is 0 Å². The minimum absolute atomic E-state index is 0.000783. The van der Waals surface area contributed by atoms with Gasteiger partial charge in [-0.2, -0.15) is 0 Å². The molecule has 1 aromatic heterocycles. The van der Waals surface area contributed by atoms with E-state index in [1.165, 1.54) is 11.3 Å². The number of nitrogens with two attached hydrogens (primary N) is 1. The van der Waals surface area contributed by atoms with Crippen LogP contribution in [-0.4, -0.2) is 23.2 Å². The Hall–Kier alpha value is -0.430. The molecule has 6 heteroatoms. The summed E-state index contributed by atoms with van der Waals surface area (Å²) in [6.07, 6.45) is 2.90. The Morgan fingerprint density at radius 1 is 1.61 bits per heavy atom. The maximum absolute atomic E-state index is 12.1. The van der Waals surface area contributed by atoms with Gasteiger partial charge in [0.05, 0.1) is 11.6 Å².